The number of nitrogens with zero attached hydrogens (tertiary/aromatic N) is 1. The van der Waals surface area contributed by atoms with Crippen molar-refractivity contribution in [2.75, 3.05) is 7.11 Å². The largest absolute Gasteiger partial charge is 0.497 e. The lowest BCUT2D eigenvalue weighted by Crippen LogP contribution is -2.08. The van der Waals surface area contributed by atoms with Crippen molar-refractivity contribution in [1.82, 2.24) is 0 Å². The number of carbonyl (C=O) groups is 1. The fraction of sp³-hybridized carbons (Fsp3) is 0.143. The highest BCUT2D eigenvalue weighted by molar-refractivity contribution is 7.86. The van der Waals surface area contributed by atoms with Crippen molar-refractivity contribution >= 4 is 21.6 Å². The summed E-state index contributed by atoms with van der Waals surface area (Å²) in [6.07, 6.45) is 4.14. The molecule has 0 bridgehead atoms. The van der Waals surface area contributed by atoms with Crippen LogP contribution in [0.3, 0.4) is 0 Å². The van der Waals surface area contributed by atoms with E-state index in [9.17, 15) is 13.2 Å². The Morgan fingerprint density at radius 3 is 2.33 bits per heavy atom. The van der Waals surface area contributed by atoms with E-state index in [1.54, 1.807) is 6.92 Å². The summed E-state index contributed by atoms with van der Waals surface area (Å²) >= 11 is 0. The second-order valence-corrected chi connectivity index (χ2v) is 5.77. The first-order chi connectivity index (χ1) is 9.92. The molecule has 0 atom stereocenters. The highest BCUT2D eigenvalue weighted by Gasteiger charge is 2.16. The lowest BCUT2D eigenvalue weighted by Gasteiger charge is -2.05. The standard InChI is InChI=1S/C14H13NO5S/c1-10-9-11(3-8-14(10)16)15-20-21(17,18)13-6-4-12(19-2)5-7-13/h3-9H,1-2H3. The van der Waals surface area contributed by atoms with Gasteiger partial charge >= 0.3 is 10.1 Å². The van der Waals surface area contributed by atoms with Crippen LogP contribution in [0.5, 0.6) is 5.75 Å². The number of ether oxygens (including phenoxy) is 1. The molecule has 0 spiro atoms. The minimum absolute atomic E-state index is 0.0378. The summed E-state index contributed by atoms with van der Waals surface area (Å²) in [6, 6.07) is 5.73. The number of rotatable bonds is 4. The molecule has 0 saturated carbocycles. The number of benzene rings is 1. The molecule has 0 heterocycles. The van der Waals surface area contributed by atoms with Crippen LogP contribution in [-0.4, -0.2) is 27.0 Å². The van der Waals surface area contributed by atoms with Crippen LogP contribution in [0.15, 0.2) is 58.1 Å². The predicted octanol–water partition coefficient (Wildman–Crippen LogP) is 1.84. The van der Waals surface area contributed by atoms with Gasteiger partial charge in [-0.1, -0.05) is 5.16 Å². The summed E-state index contributed by atoms with van der Waals surface area (Å²) in [5.74, 6) is 0.388. The summed E-state index contributed by atoms with van der Waals surface area (Å²) in [4.78, 5) is 11.2. The van der Waals surface area contributed by atoms with Gasteiger partial charge < -0.3 is 4.74 Å². The molecular formula is C14H13NO5S. The zero-order valence-electron chi connectivity index (χ0n) is 11.4. The number of carbonyl (C=O) groups excluding carboxylic acids is 1. The third kappa shape index (κ3) is 3.57. The summed E-state index contributed by atoms with van der Waals surface area (Å²) < 4.78 is 33.4. The lowest BCUT2D eigenvalue weighted by molar-refractivity contribution is -0.111. The molecule has 1 aromatic carbocycles. The maximum absolute atomic E-state index is 11.9. The molecule has 6 nitrogen and oxygen atoms in total. The normalized spacial score (nSPS) is 16.8. The maximum atomic E-state index is 11.9. The van der Waals surface area contributed by atoms with Gasteiger partial charge in [-0.25, -0.2) is 0 Å². The third-order valence-electron chi connectivity index (χ3n) is 2.75. The van der Waals surface area contributed by atoms with Crippen molar-refractivity contribution in [1.29, 1.82) is 0 Å². The van der Waals surface area contributed by atoms with Gasteiger partial charge in [-0.3, -0.25) is 9.08 Å². The SMILES string of the molecule is COc1ccc(S(=O)(=O)ON=C2C=CC(=O)C(C)=C2)cc1. The first kappa shape index (κ1) is 15.0. The van der Waals surface area contributed by atoms with Gasteiger partial charge in [0.15, 0.2) is 5.78 Å². The third-order valence-corrected chi connectivity index (χ3v) is 3.87. The maximum Gasteiger partial charge on any atom is 0.358 e. The van der Waals surface area contributed by atoms with E-state index in [2.05, 4.69) is 9.44 Å². The van der Waals surface area contributed by atoms with Gasteiger partial charge in [-0.05, 0) is 55.0 Å². The zero-order chi connectivity index (χ0) is 15.5. The molecule has 1 aromatic rings. The van der Waals surface area contributed by atoms with E-state index in [0.717, 1.165) is 0 Å². The Bertz CT molecular complexity index is 742. The highest BCUT2D eigenvalue weighted by atomic mass is 32.2. The molecule has 0 fully saturated rings. The van der Waals surface area contributed by atoms with Crippen LogP contribution in [0.25, 0.3) is 0 Å². The smallest absolute Gasteiger partial charge is 0.358 e. The van der Waals surface area contributed by atoms with Crippen LogP contribution in [0.2, 0.25) is 0 Å². The summed E-state index contributed by atoms with van der Waals surface area (Å²) in [7, 11) is -2.52. The number of oxime groups is 1. The Balaban J connectivity index is 2.18. The van der Waals surface area contributed by atoms with Gasteiger partial charge in [0.05, 0.1) is 7.11 Å². The topological polar surface area (TPSA) is 82.0 Å². The minimum Gasteiger partial charge on any atom is -0.497 e. The van der Waals surface area contributed by atoms with E-state index in [1.807, 2.05) is 0 Å². The van der Waals surface area contributed by atoms with Crippen molar-refractivity contribution in [2.45, 2.75) is 11.8 Å². The van der Waals surface area contributed by atoms with Gasteiger partial charge in [-0.2, -0.15) is 8.42 Å². The van der Waals surface area contributed by atoms with Gasteiger partial charge in [0.25, 0.3) is 0 Å². The molecule has 7 heteroatoms. The molecule has 0 aromatic heterocycles. The van der Waals surface area contributed by atoms with E-state index < -0.39 is 10.1 Å². The first-order valence-corrected chi connectivity index (χ1v) is 7.39. The van der Waals surface area contributed by atoms with E-state index >= 15 is 0 Å². The fourth-order valence-corrected chi connectivity index (χ4v) is 2.31. The van der Waals surface area contributed by atoms with Crippen LogP contribution in [-0.2, 0) is 19.2 Å². The van der Waals surface area contributed by atoms with Crippen molar-refractivity contribution in [3.8, 4) is 5.75 Å². The molecule has 0 radical (unpaired) electrons. The summed E-state index contributed by atoms with van der Waals surface area (Å²) in [6.45, 7) is 1.61. The fourth-order valence-electron chi connectivity index (χ4n) is 1.57. The average Bonchev–Trinajstić information content (AvgIpc) is 2.48. The van der Waals surface area contributed by atoms with Crippen LogP contribution in [0, 0.1) is 0 Å². The van der Waals surface area contributed by atoms with Gasteiger partial charge in [0, 0.05) is 0 Å². The Labute approximate surface area is 122 Å². The molecule has 1 aliphatic carbocycles. The highest BCUT2D eigenvalue weighted by Crippen LogP contribution is 2.18. The zero-order valence-corrected chi connectivity index (χ0v) is 12.3. The first-order valence-electron chi connectivity index (χ1n) is 5.99. The number of methoxy groups -OCH3 is 1. The van der Waals surface area contributed by atoms with E-state index in [1.165, 1.54) is 49.6 Å². The van der Waals surface area contributed by atoms with Gasteiger partial charge in [0.2, 0.25) is 0 Å². The van der Waals surface area contributed by atoms with Crippen LogP contribution in [0.1, 0.15) is 6.92 Å². The van der Waals surface area contributed by atoms with E-state index in [0.29, 0.717) is 11.3 Å². The van der Waals surface area contributed by atoms with E-state index in [4.69, 9.17) is 4.74 Å². The molecular weight excluding hydrogens is 294 g/mol. The van der Waals surface area contributed by atoms with Crippen LogP contribution >= 0.6 is 0 Å². The van der Waals surface area contributed by atoms with Crippen molar-refractivity contribution < 1.29 is 22.2 Å². The van der Waals surface area contributed by atoms with Crippen molar-refractivity contribution in [3.05, 3.63) is 48.1 Å². The van der Waals surface area contributed by atoms with Crippen molar-refractivity contribution in [2.24, 2.45) is 5.16 Å². The van der Waals surface area contributed by atoms with Crippen LogP contribution in [0.4, 0.5) is 0 Å². The second kappa shape index (κ2) is 5.92. The van der Waals surface area contributed by atoms with E-state index in [-0.39, 0.29) is 16.4 Å². The number of hydrogen-bond acceptors (Lipinski definition) is 6. The molecule has 0 N–H and O–H groups in total. The Morgan fingerprint density at radius 1 is 1.10 bits per heavy atom. The van der Waals surface area contributed by atoms with Crippen LogP contribution < -0.4 is 4.74 Å². The lowest BCUT2D eigenvalue weighted by atomic mass is 10.1. The van der Waals surface area contributed by atoms with Gasteiger partial charge in [-0.15, -0.1) is 0 Å². The summed E-state index contributed by atoms with van der Waals surface area (Å²) in [5.41, 5.74) is 0.714. The Hall–Kier alpha value is -2.41. The average molecular weight is 307 g/mol. The molecule has 0 amide bonds. The number of allylic oxidation sites excluding steroid dienone is 4. The quantitative estimate of drug-likeness (QED) is 0.626. The molecule has 0 unspecified atom stereocenters. The monoisotopic (exact) mass is 307 g/mol. The molecule has 21 heavy (non-hydrogen) atoms. The number of hydrogen-bond donors (Lipinski definition) is 0. The minimum atomic E-state index is -4.01. The predicted molar refractivity (Wildman–Crippen MR) is 76.6 cm³/mol. The van der Waals surface area contributed by atoms with Crippen molar-refractivity contribution in [3.63, 3.8) is 0 Å². The molecule has 110 valence electrons. The Morgan fingerprint density at radius 2 is 1.76 bits per heavy atom. The molecule has 2 rings (SSSR count). The Kier molecular flexibility index (Phi) is 4.23. The number of ketones is 1. The molecule has 0 saturated heterocycles. The van der Waals surface area contributed by atoms with Gasteiger partial charge in [0.1, 0.15) is 16.4 Å². The second-order valence-electron chi connectivity index (χ2n) is 4.25. The molecule has 1 aliphatic rings. The molecule has 0 aliphatic heterocycles. The summed E-state index contributed by atoms with van der Waals surface area (Å²) in [5, 5.41) is 3.54.